The first kappa shape index (κ1) is 18.5. The Labute approximate surface area is 144 Å². The van der Waals surface area contributed by atoms with Crippen molar-refractivity contribution >= 4 is 5.97 Å². The number of hydrogen-bond donors (Lipinski definition) is 1. The highest BCUT2D eigenvalue weighted by Gasteiger charge is 2.22. The van der Waals surface area contributed by atoms with Gasteiger partial charge in [-0.25, -0.2) is 4.79 Å². The minimum absolute atomic E-state index is 0.235. The van der Waals surface area contributed by atoms with Crippen molar-refractivity contribution in [2.75, 3.05) is 47.9 Å². The lowest BCUT2D eigenvalue weighted by atomic mass is 9.97. The van der Waals surface area contributed by atoms with E-state index >= 15 is 0 Å². The number of carboxylic acid groups (broad SMARTS) is 1. The molecule has 1 heterocycles. The summed E-state index contributed by atoms with van der Waals surface area (Å²) < 4.78 is 10.6. The van der Waals surface area contributed by atoms with E-state index in [-0.39, 0.29) is 5.56 Å². The standard InChI is InChI=1S/C18H28N2O4/c1-19-7-5-6-13(10-19)11-20(2)12-16-15(18(21)22)8-14(23-3)9-17(16)24-4/h8-9,13H,5-7,10-12H2,1-4H3,(H,21,22)/t13-/m1/s1. The van der Waals surface area contributed by atoms with Crippen molar-refractivity contribution in [1.82, 2.24) is 9.80 Å². The number of piperidine rings is 1. The van der Waals surface area contributed by atoms with E-state index in [9.17, 15) is 9.90 Å². The fourth-order valence-electron chi connectivity index (χ4n) is 3.47. The van der Waals surface area contributed by atoms with Crippen LogP contribution in [0.1, 0.15) is 28.8 Å². The highest BCUT2D eigenvalue weighted by atomic mass is 16.5. The second-order valence-electron chi connectivity index (χ2n) is 6.63. The molecule has 1 aromatic rings. The Morgan fingerprint density at radius 3 is 2.71 bits per heavy atom. The van der Waals surface area contributed by atoms with Gasteiger partial charge >= 0.3 is 5.97 Å². The van der Waals surface area contributed by atoms with Crippen molar-refractivity contribution < 1.29 is 19.4 Å². The fraction of sp³-hybridized carbons (Fsp3) is 0.611. The molecule has 1 atom stereocenters. The van der Waals surface area contributed by atoms with Gasteiger partial charge in [0, 0.05) is 31.3 Å². The molecule has 0 radical (unpaired) electrons. The van der Waals surface area contributed by atoms with E-state index in [0.717, 1.165) is 19.6 Å². The van der Waals surface area contributed by atoms with Crippen LogP contribution in [0, 0.1) is 5.92 Å². The van der Waals surface area contributed by atoms with E-state index < -0.39 is 5.97 Å². The lowest BCUT2D eigenvalue weighted by Crippen LogP contribution is -2.38. The minimum Gasteiger partial charge on any atom is -0.497 e. The number of carbonyl (C=O) groups is 1. The summed E-state index contributed by atoms with van der Waals surface area (Å²) in [5.41, 5.74) is 0.927. The fourth-order valence-corrected chi connectivity index (χ4v) is 3.47. The molecule has 0 amide bonds. The maximum atomic E-state index is 11.6. The van der Waals surface area contributed by atoms with Crippen molar-refractivity contribution in [2.24, 2.45) is 5.92 Å². The number of hydrogen-bond acceptors (Lipinski definition) is 5. The molecule has 2 rings (SSSR count). The van der Waals surface area contributed by atoms with Gasteiger partial charge in [0.1, 0.15) is 11.5 Å². The molecule has 0 aromatic heterocycles. The van der Waals surface area contributed by atoms with Crippen LogP contribution in [0.4, 0.5) is 0 Å². The van der Waals surface area contributed by atoms with E-state index in [2.05, 4.69) is 16.8 Å². The molecule has 24 heavy (non-hydrogen) atoms. The lowest BCUT2D eigenvalue weighted by molar-refractivity contribution is 0.0693. The molecular formula is C18H28N2O4. The Kier molecular flexibility index (Phi) is 6.45. The Balaban J connectivity index is 2.16. The smallest absolute Gasteiger partial charge is 0.336 e. The first-order valence-electron chi connectivity index (χ1n) is 8.29. The average molecular weight is 336 g/mol. The van der Waals surface area contributed by atoms with Crippen molar-refractivity contribution in [3.8, 4) is 11.5 Å². The zero-order chi connectivity index (χ0) is 17.7. The van der Waals surface area contributed by atoms with Crippen LogP contribution in [0.5, 0.6) is 11.5 Å². The highest BCUT2D eigenvalue weighted by Crippen LogP contribution is 2.30. The van der Waals surface area contributed by atoms with Gasteiger partial charge in [-0.2, -0.15) is 0 Å². The Morgan fingerprint density at radius 1 is 1.38 bits per heavy atom. The van der Waals surface area contributed by atoms with Gasteiger partial charge < -0.3 is 24.4 Å². The Bertz CT molecular complexity index is 576. The van der Waals surface area contributed by atoms with Crippen LogP contribution in [0.25, 0.3) is 0 Å². The van der Waals surface area contributed by atoms with Gasteiger partial charge in [-0.3, -0.25) is 0 Å². The monoisotopic (exact) mass is 336 g/mol. The van der Waals surface area contributed by atoms with Crippen LogP contribution in [-0.4, -0.2) is 68.8 Å². The Hall–Kier alpha value is -1.79. The van der Waals surface area contributed by atoms with Crippen LogP contribution in [0.15, 0.2) is 12.1 Å². The first-order chi connectivity index (χ1) is 11.4. The molecule has 6 nitrogen and oxygen atoms in total. The summed E-state index contributed by atoms with van der Waals surface area (Å²) in [5, 5.41) is 9.54. The number of benzene rings is 1. The maximum absolute atomic E-state index is 11.6. The van der Waals surface area contributed by atoms with Crippen LogP contribution in [0.3, 0.4) is 0 Å². The molecule has 0 unspecified atom stereocenters. The number of carboxylic acids is 1. The predicted octanol–water partition coefficient (Wildman–Crippen LogP) is 2.18. The van der Waals surface area contributed by atoms with Crippen molar-refractivity contribution in [3.63, 3.8) is 0 Å². The summed E-state index contributed by atoms with van der Waals surface area (Å²) in [6, 6.07) is 3.30. The highest BCUT2D eigenvalue weighted by molar-refractivity contribution is 5.91. The van der Waals surface area contributed by atoms with Gasteiger partial charge in [0.05, 0.1) is 19.8 Å². The molecular weight excluding hydrogens is 308 g/mol. The van der Waals surface area contributed by atoms with E-state index in [1.807, 2.05) is 7.05 Å². The summed E-state index contributed by atoms with van der Waals surface area (Å²) in [6.45, 7) is 3.74. The van der Waals surface area contributed by atoms with Crippen LogP contribution < -0.4 is 9.47 Å². The van der Waals surface area contributed by atoms with Gasteiger partial charge in [-0.05, 0) is 45.5 Å². The summed E-state index contributed by atoms with van der Waals surface area (Å²) in [4.78, 5) is 16.2. The van der Waals surface area contributed by atoms with Gasteiger partial charge in [0.25, 0.3) is 0 Å². The third-order valence-electron chi connectivity index (χ3n) is 4.59. The molecule has 0 aliphatic carbocycles. The van der Waals surface area contributed by atoms with E-state index in [1.54, 1.807) is 19.2 Å². The molecule has 0 bridgehead atoms. The summed E-state index contributed by atoms with van der Waals surface area (Å²) in [6.07, 6.45) is 2.45. The third kappa shape index (κ3) is 4.61. The largest absolute Gasteiger partial charge is 0.497 e. The van der Waals surface area contributed by atoms with E-state index in [0.29, 0.717) is 29.5 Å². The molecule has 1 aliphatic rings. The zero-order valence-corrected chi connectivity index (χ0v) is 15.0. The number of rotatable bonds is 7. The van der Waals surface area contributed by atoms with E-state index in [4.69, 9.17) is 9.47 Å². The second-order valence-corrected chi connectivity index (χ2v) is 6.63. The molecule has 1 aromatic carbocycles. The zero-order valence-electron chi connectivity index (χ0n) is 15.0. The van der Waals surface area contributed by atoms with Crippen molar-refractivity contribution in [2.45, 2.75) is 19.4 Å². The lowest BCUT2D eigenvalue weighted by Gasteiger charge is -2.32. The number of methoxy groups -OCH3 is 2. The van der Waals surface area contributed by atoms with Crippen LogP contribution >= 0.6 is 0 Å². The molecule has 1 saturated heterocycles. The van der Waals surface area contributed by atoms with Crippen LogP contribution in [0.2, 0.25) is 0 Å². The minimum atomic E-state index is -0.965. The first-order valence-corrected chi connectivity index (χ1v) is 8.29. The van der Waals surface area contributed by atoms with Gasteiger partial charge in [0.15, 0.2) is 0 Å². The van der Waals surface area contributed by atoms with Gasteiger partial charge in [0.2, 0.25) is 0 Å². The van der Waals surface area contributed by atoms with E-state index in [1.165, 1.54) is 20.0 Å². The number of aromatic carboxylic acids is 1. The van der Waals surface area contributed by atoms with Crippen molar-refractivity contribution in [1.29, 1.82) is 0 Å². The van der Waals surface area contributed by atoms with Gasteiger partial charge in [-0.1, -0.05) is 0 Å². The SMILES string of the molecule is COc1cc(OC)c(CN(C)C[C@@H]2CCCN(C)C2)c(C(=O)O)c1. The molecule has 1 fully saturated rings. The normalized spacial score (nSPS) is 18.6. The molecule has 1 aliphatic heterocycles. The predicted molar refractivity (Wildman–Crippen MR) is 93.1 cm³/mol. The summed E-state index contributed by atoms with van der Waals surface area (Å²) in [7, 11) is 7.26. The molecule has 0 spiro atoms. The summed E-state index contributed by atoms with van der Waals surface area (Å²) in [5.74, 6) is 0.697. The summed E-state index contributed by atoms with van der Waals surface area (Å²) >= 11 is 0. The molecule has 134 valence electrons. The van der Waals surface area contributed by atoms with Gasteiger partial charge in [-0.15, -0.1) is 0 Å². The van der Waals surface area contributed by atoms with Crippen LogP contribution in [-0.2, 0) is 6.54 Å². The molecule has 0 saturated carbocycles. The topological polar surface area (TPSA) is 62.2 Å². The number of nitrogens with zero attached hydrogens (tertiary/aromatic N) is 2. The number of likely N-dealkylation sites (tertiary alicyclic amines) is 1. The average Bonchev–Trinajstić information content (AvgIpc) is 2.54. The third-order valence-corrected chi connectivity index (χ3v) is 4.59. The Morgan fingerprint density at radius 2 is 2.12 bits per heavy atom. The molecule has 6 heteroatoms. The quantitative estimate of drug-likeness (QED) is 0.823. The second kappa shape index (κ2) is 8.35. The number of ether oxygens (including phenoxy) is 2. The van der Waals surface area contributed by atoms with Crippen molar-refractivity contribution in [3.05, 3.63) is 23.3 Å². The maximum Gasteiger partial charge on any atom is 0.336 e. The molecule has 1 N–H and O–H groups in total.